The fraction of sp³-hybridized carbons (Fsp3) is 0. The van der Waals surface area contributed by atoms with Crippen molar-refractivity contribution in [3.8, 4) is 0 Å². The summed E-state index contributed by atoms with van der Waals surface area (Å²) in [5.74, 6) is -0.922. The molecule has 3 heteroatoms. The maximum atomic E-state index is 10.1. The number of hydrogen-bond donors (Lipinski definition) is 1. The predicted molar refractivity (Wildman–Crippen MR) is 51.7 cm³/mol. The molecule has 0 saturated heterocycles. The van der Waals surface area contributed by atoms with Gasteiger partial charge in [0.2, 0.25) is 0 Å². The van der Waals surface area contributed by atoms with Crippen molar-refractivity contribution in [2.75, 3.05) is 0 Å². The summed E-state index contributed by atoms with van der Waals surface area (Å²) in [6.45, 7) is 0. The second-order valence-electron chi connectivity index (χ2n) is 2.08. The first-order valence-corrected chi connectivity index (χ1v) is 3.25. The van der Waals surface area contributed by atoms with E-state index in [0.717, 1.165) is 11.6 Å². The SMILES string of the molecule is O=C(O)/C=C/c1ccccc1.[BaH2]. The van der Waals surface area contributed by atoms with Gasteiger partial charge >= 0.3 is 54.9 Å². The van der Waals surface area contributed by atoms with E-state index >= 15 is 0 Å². The van der Waals surface area contributed by atoms with Gasteiger partial charge in [0.25, 0.3) is 0 Å². The minimum absolute atomic E-state index is 0. The second-order valence-corrected chi connectivity index (χ2v) is 2.08. The summed E-state index contributed by atoms with van der Waals surface area (Å²) in [4.78, 5) is 10.1. The van der Waals surface area contributed by atoms with E-state index in [0.29, 0.717) is 0 Å². The Labute approximate surface area is 111 Å². The average molecular weight is 288 g/mol. The van der Waals surface area contributed by atoms with Crippen molar-refractivity contribution in [3.63, 3.8) is 0 Å². The molecule has 0 fully saturated rings. The molecule has 0 amide bonds. The number of aliphatic carboxylic acids is 1. The maximum absolute atomic E-state index is 10.1. The van der Waals surface area contributed by atoms with Gasteiger partial charge in [-0.05, 0) is 11.6 Å². The van der Waals surface area contributed by atoms with Crippen LogP contribution in [-0.2, 0) is 4.79 Å². The number of rotatable bonds is 2. The van der Waals surface area contributed by atoms with Crippen LogP contribution in [0.4, 0.5) is 0 Å². The molecule has 1 N–H and O–H groups in total. The van der Waals surface area contributed by atoms with Crippen LogP contribution in [0, 0.1) is 0 Å². The molecule has 1 aromatic rings. The van der Waals surface area contributed by atoms with Gasteiger partial charge < -0.3 is 5.11 Å². The van der Waals surface area contributed by atoms with Gasteiger partial charge in [-0.3, -0.25) is 0 Å². The van der Waals surface area contributed by atoms with Crippen molar-refractivity contribution >= 4 is 60.9 Å². The molecule has 60 valence electrons. The minimum atomic E-state index is -0.922. The molecule has 0 radical (unpaired) electrons. The molecule has 0 aromatic heterocycles. The van der Waals surface area contributed by atoms with E-state index in [1.807, 2.05) is 30.3 Å². The Hall–Kier alpha value is 0.00143. The molecule has 0 aliphatic rings. The summed E-state index contributed by atoms with van der Waals surface area (Å²) in [5, 5.41) is 8.29. The van der Waals surface area contributed by atoms with E-state index < -0.39 is 5.97 Å². The topological polar surface area (TPSA) is 37.3 Å². The summed E-state index contributed by atoms with van der Waals surface area (Å²) >= 11 is 0. The van der Waals surface area contributed by atoms with Crippen LogP contribution in [0.3, 0.4) is 0 Å². The number of carboxylic acid groups (broad SMARTS) is 1. The fourth-order valence-corrected chi connectivity index (χ4v) is 0.732. The Balaban J connectivity index is 0.00000121. The first kappa shape index (κ1) is 12.0. The Morgan fingerprint density at radius 1 is 1.25 bits per heavy atom. The monoisotopic (exact) mass is 288 g/mol. The third-order valence-corrected chi connectivity index (χ3v) is 1.22. The zero-order valence-electron chi connectivity index (χ0n) is 5.90. The molecule has 2 nitrogen and oxygen atoms in total. The molecule has 1 rings (SSSR count). The van der Waals surface area contributed by atoms with E-state index in [9.17, 15) is 4.79 Å². The van der Waals surface area contributed by atoms with Gasteiger partial charge in [-0.2, -0.15) is 0 Å². The van der Waals surface area contributed by atoms with Crippen molar-refractivity contribution in [2.24, 2.45) is 0 Å². The number of hydrogen-bond acceptors (Lipinski definition) is 1. The normalized spacial score (nSPS) is 9.33. The van der Waals surface area contributed by atoms with Crippen LogP contribution in [0.5, 0.6) is 0 Å². The third-order valence-electron chi connectivity index (χ3n) is 1.22. The van der Waals surface area contributed by atoms with Crippen molar-refractivity contribution in [1.82, 2.24) is 0 Å². The molecule has 1 aromatic carbocycles. The first-order valence-electron chi connectivity index (χ1n) is 3.25. The molecule has 0 bridgehead atoms. The predicted octanol–water partition coefficient (Wildman–Crippen LogP) is 0.868. The Bertz CT molecular complexity index is 267. The number of benzene rings is 1. The zero-order valence-corrected chi connectivity index (χ0v) is 5.90. The third kappa shape index (κ3) is 4.79. The summed E-state index contributed by atoms with van der Waals surface area (Å²) in [7, 11) is 0. The quantitative estimate of drug-likeness (QED) is 0.647. The van der Waals surface area contributed by atoms with Crippen LogP contribution in [0.25, 0.3) is 6.08 Å². The molecular formula is C9H10BaO2. The van der Waals surface area contributed by atoms with E-state index in [1.165, 1.54) is 0 Å². The Morgan fingerprint density at radius 3 is 2.33 bits per heavy atom. The van der Waals surface area contributed by atoms with Gasteiger partial charge in [0.05, 0.1) is 0 Å². The molecule has 0 spiro atoms. The summed E-state index contributed by atoms with van der Waals surface area (Å²) < 4.78 is 0. The van der Waals surface area contributed by atoms with E-state index in [1.54, 1.807) is 6.08 Å². The van der Waals surface area contributed by atoms with Gasteiger partial charge in [-0.25, -0.2) is 4.79 Å². The molecule has 0 unspecified atom stereocenters. The van der Waals surface area contributed by atoms with E-state index in [4.69, 9.17) is 5.11 Å². The van der Waals surface area contributed by atoms with Gasteiger partial charge in [-0.1, -0.05) is 30.3 Å². The zero-order chi connectivity index (χ0) is 8.10. The van der Waals surface area contributed by atoms with Crippen molar-refractivity contribution in [3.05, 3.63) is 42.0 Å². The molecule has 12 heavy (non-hydrogen) atoms. The van der Waals surface area contributed by atoms with Crippen LogP contribution in [0.1, 0.15) is 5.56 Å². The summed E-state index contributed by atoms with van der Waals surface area (Å²) in [5.41, 5.74) is 0.898. The van der Waals surface area contributed by atoms with Crippen LogP contribution in [-0.4, -0.2) is 60.0 Å². The molecule has 0 aliphatic carbocycles. The fourth-order valence-electron chi connectivity index (χ4n) is 0.732. The van der Waals surface area contributed by atoms with E-state index in [2.05, 4.69) is 0 Å². The van der Waals surface area contributed by atoms with Gasteiger partial charge in [-0.15, -0.1) is 0 Å². The molecule has 0 heterocycles. The van der Waals surface area contributed by atoms with Gasteiger partial charge in [0, 0.05) is 6.08 Å². The number of carbonyl (C=O) groups is 1. The first-order chi connectivity index (χ1) is 5.29. The standard InChI is InChI=1S/C9H8O2.Ba.2H/c10-9(11)7-6-8-4-2-1-3-5-8;;;/h1-7H,(H,10,11);;;/b7-6+;;;. The van der Waals surface area contributed by atoms with E-state index in [-0.39, 0.29) is 48.9 Å². The Morgan fingerprint density at radius 2 is 1.83 bits per heavy atom. The van der Waals surface area contributed by atoms with Crippen LogP contribution in [0.15, 0.2) is 36.4 Å². The molecule has 0 aliphatic heterocycles. The van der Waals surface area contributed by atoms with Crippen molar-refractivity contribution < 1.29 is 9.90 Å². The van der Waals surface area contributed by atoms with Crippen molar-refractivity contribution in [1.29, 1.82) is 0 Å². The van der Waals surface area contributed by atoms with Crippen LogP contribution >= 0.6 is 0 Å². The van der Waals surface area contributed by atoms with Crippen LogP contribution in [0.2, 0.25) is 0 Å². The average Bonchev–Trinajstić information content (AvgIpc) is 2.03. The molecule has 0 atom stereocenters. The summed E-state index contributed by atoms with van der Waals surface area (Å²) in [6.07, 6.45) is 2.68. The van der Waals surface area contributed by atoms with Crippen molar-refractivity contribution in [2.45, 2.75) is 0 Å². The number of carboxylic acids is 1. The second kappa shape index (κ2) is 6.51. The summed E-state index contributed by atoms with van der Waals surface area (Å²) in [6, 6.07) is 9.31. The van der Waals surface area contributed by atoms with Crippen LogP contribution < -0.4 is 0 Å². The van der Waals surface area contributed by atoms with Gasteiger partial charge in [0.15, 0.2) is 0 Å². The molecular weight excluding hydrogens is 277 g/mol. The van der Waals surface area contributed by atoms with Gasteiger partial charge in [0.1, 0.15) is 0 Å². The molecule has 0 saturated carbocycles. The Kier molecular flexibility index (Phi) is 6.51.